The molecule has 0 radical (unpaired) electrons. The zero-order valence-electron chi connectivity index (χ0n) is 13.3. The number of benzene rings is 2. The molecule has 4 nitrogen and oxygen atoms in total. The molecular weight excluding hydrogens is 335 g/mol. The predicted octanol–water partition coefficient (Wildman–Crippen LogP) is 3.74. The van der Waals surface area contributed by atoms with Crippen LogP contribution in [0.15, 0.2) is 54.6 Å². The Hall–Kier alpha value is -2.83. The van der Waals surface area contributed by atoms with Gasteiger partial charge in [0.2, 0.25) is 0 Å². The highest BCUT2D eigenvalue weighted by atomic mass is 19.4. The summed E-state index contributed by atoms with van der Waals surface area (Å²) >= 11 is 0. The maximum absolute atomic E-state index is 12.7. The SMILES string of the molecule is COC(=O)CC(NC(=O)c1ccccc1)c1ccc(C(F)(F)F)cc1. The number of halogens is 3. The maximum Gasteiger partial charge on any atom is 0.416 e. The van der Waals surface area contributed by atoms with Crippen LogP contribution in [0.3, 0.4) is 0 Å². The average Bonchev–Trinajstić information content (AvgIpc) is 2.61. The van der Waals surface area contributed by atoms with E-state index in [9.17, 15) is 22.8 Å². The molecule has 0 spiro atoms. The summed E-state index contributed by atoms with van der Waals surface area (Å²) in [6.45, 7) is 0. The fourth-order valence-corrected chi connectivity index (χ4v) is 2.24. The molecule has 2 aromatic rings. The standard InChI is InChI=1S/C18H16F3NO3/c1-25-16(23)11-15(22-17(24)13-5-3-2-4-6-13)12-7-9-14(10-8-12)18(19,20)21/h2-10,15H,11H2,1H3,(H,22,24). The zero-order chi connectivity index (χ0) is 18.4. The Morgan fingerprint density at radius 3 is 2.16 bits per heavy atom. The third kappa shape index (κ3) is 5.07. The molecule has 0 aromatic heterocycles. The largest absolute Gasteiger partial charge is 0.469 e. The Morgan fingerprint density at radius 2 is 1.64 bits per heavy atom. The molecule has 0 aliphatic heterocycles. The number of amides is 1. The number of methoxy groups -OCH3 is 1. The van der Waals surface area contributed by atoms with Crippen LogP contribution in [0.4, 0.5) is 13.2 Å². The van der Waals surface area contributed by atoms with Crippen molar-refractivity contribution < 1.29 is 27.5 Å². The summed E-state index contributed by atoms with van der Waals surface area (Å²) < 4.78 is 42.6. The van der Waals surface area contributed by atoms with Gasteiger partial charge in [0.25, 0.3) is 5.91 Å². The van der Waals surface area contributed by atoms with Crippen molar-refractivity contribution >= 4 is 11.9 Å². The van der Waals surface area contributed by atoms with Crippen LogP contribution in [0.25, 0.3) is 0 Å². The topological polar surface area (TPSA) is 55.4 Å². The fourth-order valence-electron chi connectivity index (χ4n) is 2.24. The van der Waals surface area contributed by atoms with E-state index in [-0.39, 0.29) is 6.42 Å². The molecule has 132 valence electrons. The van der Waals surface area contributed by atoms with Crippen LogP contribution >= 0.6 is 0 Å². The molecule has 0 aliphatic carbocycles. The highest BCUT2D eigenvalue weighted by molar-refractivity contribution is 5.94. The first-order valence-corrected chi connectivity index (χ1v) is 7.41. The molecule has 0 saturated heterocycles. The number of rotatable bonds is 5. The van der Waals surface area contributed by atoms with E-state index < -0.39 is 29.7 Å². The number of hydrogen-bond acceptors (Lipinski definition) is 3. The highest BCUT2D eigenvalue weighted by Crippen LogP contribution is 2.30. The molecule has 0 saturated carbocycles. The second-order valence-electron chi connectivity index (χ2n) is 5.29. The lowest BCUT2D eigenvalue weighted by molar-refractivity contribution is -0.141. The minimum absolute atomic E-state index is 0.194. The molecule has 0 heterocycles. The van der Waals surface area contributed by atoms with Gasteiger partial charge >= 0.3 is 12.1 Å². The molecule has 1 unspecified atom stereocenters. The summed E-state index contributed by atoms with van der Waals surface area (Å²) in [4.78, 5) is 23.9. The van der Waals surface area contributed by atoms with Gasteiger partial charge in [0.05, 0.1) is 25.1 Å². The van der Waals surface area contributed by atoms with Crippen molar-refractivity contribution in [3.63, 3.8) is 0 Å². The van der Waals surface area contributed by atoms with Crippen LogP contribution in [0.1, 0.15) is 33.9 Å². The first-order valence-electron chi connectivity index (χ1n) is 7.41. The zero-order valence-corrected chi connectivity index (χ0v) is 13.3. The predicted molar refractivity (Wildman–Crippen MR) is 84.7 cm³/mol. The lowest BCUT2D eigenvalue weighted by Crippen LogP contribution is -2.30. The lowest BCUT2D eigenvalue weighted by atomic mass is 10.0. The fraction of sp³-hybridized carbons (Fsp3) is 0.222. The Bertz CT molecular complexity index is 727. The van der Waals surface area contributed by atoms with Gasteiger partial charge in [-0.25, -0.2) is 0 Å². The van der Waals surface area contributed by atoms with E-state index in [1.165, 1.54) is 19.2 Å². The third-order valence-corrected chi connectivity index (χ3v) is 3.58. The van der Waals surface area contributed by atoms with Crippen molar-refractivity contribution in [2.45, 2.75) is 18.6 Å². The minimum atomic E-state index is -4.45. The van der Waals surface area contributed by atoms with Crippen LogP contribution in [0, 0.1) is 0 Å². The molecule has 0 fully saturated rings. The van der Waals surface area contributed by atoms with Gasteiger partial charge < -0.3 is 10.1 Å². The number of ether oxygens (including phenoxy) is 1. The summed E-state index contributed by atoms with van der Waals surface area (Å²) in [7, 11) is 1.20. The number of hydrogen-bond donors (Lipinski definition) is 1. The van der Waals surface area contributed by atoms with Gasteiger partial charge in [-0.05, 0) is 29.8 Å². The van der Waals surface area contributed by atoms with E-state index in [0.29, 0.717) is 11.1 Å². The van der Waals surface area contributed by atoms with E-state index in [0.717, 1.165) is 12.1 Å². The normalized spacial score (nSPS) is 12.3. The van der Waals surface area contributed by atoms with Crippen molar-refractivity contribution in [3.8, 4) is 0 Å². The van der Waals surface area contributed by atoms with Gasteiger partial charge in [-0.1, -0.05) is 30.3 Å². The third-order valence-electron chi connectivity index (χ3n) is 3.58. The quantitative estimate of drug-likeness (QED) is 0.835. The molecule has 7 heteroatoms. The van der Waals surface area contributed by atoms with Gasteiger partial charge in [0.1, 0.15) is 0 Å². The first kappa shape index (κ1) is 18.5. The summed E-state index contributed by atoms with van der Waals surface area (Å²) in [5, 5.41) is 2.65. The van der Waals surface area contributed by atoms with Gasteiger partial charge in [-0.15, -0.1) is 0 Å². The van der Waals surface area contributed by atoms with Crippen molar-refractivity contribution in [2.24, 2.45) is 0 Å². The summed E-state index contributed by atoms with van der Waals surface area (Å²) in [6.07, 6.45) is -4.65. The van der Waals surface area contributed by atoms with Crippen LogP contribution < -0.4 is 5.32 Å². The van der Waals surface area contributed by atoms with Crippen LogP contribution in [-0.2, 0) is 15.7 Å². The van der Waals surface area contributed by atoms with Crippen molar-refractivity contribution in [2.75, 3.05) is 7.11 Å². The second kappa shape index (κ2) is 7.83. The van der Waals surface area contributed by atoms with Gasteiger partial charge in [-0.2, -0.15) is 13.2 Å². The van der Waals surface area contributed by atoms with E-state index in [2.05, 4.69) is 10.1 Å². The number of esters is 1. The minimum Gasteiger partial charge on any atom is -0.469 e. The Morgan fingerprint density at radius 1 is 1.04 bits per heavy atom. The second-order valence-corrected chi connectivity index (χ2v) is 5.29. The summed E-state index contributed by atoms with van der Waals surface area (Å²) in [6, 6.07) is 11.8. The van der Waals surface area contributed by atoms with E-state index in [4.69, 9.17) is 0 Å². The van der Waals surface area contributed by atoms with Crippen molar-refractivity contribution in [3.05, 3.63) is 71.3 Å². The molecule has 1 atom stereocenters. The Labute approximate surface area is 142 Å². The average molecular weight is 351 g/mol. The smallest absolute Gasteiger partial charge is 0.416 e. The van der Waals surface area contributed by atoms with E-state index in [1.807, 2.05) is 0 Å². The number of carbonyl (C=O) groups is 2. The Balaban J connectivity index is 2.23. The van der Waals surface area contributed by atoms with Gasteiger partial charge in [0, 0.05) is 5.56 Å². The first-order chi connectivity index (χ1) is 11.8. The Kier molecular flexibility index (Phi) is 5.80. The van der Waals surface area contributed by atoms with E-state index >= 15 is 0 Å². The molecule has 1 N–H and O–H groups in total. The summed E-state index contributed by atoms with van der Waals surface area (Å²) in [5.74, 6) is -1.02. The maximum atomic E-state index is 12.7. The van der Waals surface area contributed by atoms with Gasteiger partial charge in [-0.3, -0.25) is 9.59 Å². The monoisotopic (exact) mass is 351 g/mol. The number of carbonyl (C=O) groups excluding carboxylic acids is 2. The van der Waals surface area contributed by atoms with Gasteiger partial charge in [0.15, 0.2) is 0 Å². The molecular formula is C18H16F3NO3. The van der Waals surface area contributed by atoms with Crippen LogP contribution in [0.2, 0.25) is 0 Å². The van der Waals surface area contributed by atoms with Crippen molar-refractivity contribution in [1.82, 2.24) is 5.32 Å². The van der Waals surface area contributed by atoms with Crippen LogP contribution in [-0.4, -0.2) is 19.0 Å². The molecule has 25 heavy (non-hydrogen) atoms. The molecule has 1 amide bonds. The molecule has 0 bridgehead atoms. The number of alkyl halides is 3. The summed E-state index contributed by atoms with van der Waals surface area (Å²) in [5.41, 5.74) is -0.0468. The van der Waals surface area contributed by atoms with Crippen LogP contribution in [0.5, 0.6) is 0 Å². The van der Waals surface area contributed by atoms with Crippen molar-refractivity contribution in [1.29, 1.82) is 0 Å². The van der Waals surface area contributed by atoms with E-state index in [1.54, 1.807) is 30.3 Å². The molecule has 2 aromatic carbocycles. The lowest BCUT2D eigenvalue weighted by Gasteiger charge is -2.19. The highest BCUT2D eigenvalue weighted by Gasteiger charge is 2.30. The molecule has 2 rings (SSSR count). The molecule has 0 aliphatic rings. The number of nitrogens with one attached hydrogen (secondary N) is 1.